The van der Waals surface area contributed by atoms with E-state index in [0.29, 0.717) is 5.82 Å². The number of carbonyl (C=O) groups is 2. The molecule has 12 heavy (non-hydrogen) atoms. The Morgan fingerprint density at radius 2 is 2.00 bits per heavy atom. The van der Waals surface area contributed by atoms with Gasteiger partial charge in [-0.25, -0.2) is 4.90 Å². The van der Waals surface area contributed by atoms with Crippen molar-refractivity contribution in [2.75, 3.05) is 4.90 Å². The average molecular weight is 167 g/mol. The maximum absolute atomic E-state index is 10.9. The number of hydrogen-bond donors (Lipinski definition) is 1. The Bertz CT molecular complexity index is 278. The van der Waals surface area contributed by atoms with Crippen molar-refractivity contribution in [1.82, 2.24) is 10.2 Å². The van der Waals surface area contributed by atoms with Crippen LogP contribution in [-0.2, 0) is 9.59 Å². The van der Waals surface area contributed by atoms with E-state index < -0.39 is 0 Å². The minimum absolute atomic E-state index is 0.327. The number of H-pyrrole nitrogens is 1. The van der Waals surface area contributed by atoms with Crippen molar-refractivity contribution >= 4 is 17.6 Å². The molecule has 0 aromatic carbocycles. The lowest BCUT2D eigenvalue weighted by molar-refractivity contribution is -0.124. The first kappa shape index (κ1) is 8.45. The Labute approximate surface area is 69.4 Å². The zero-order valence-corrected chi connectivity index (χ0v) is 6.87. The van der Waals surface area contributed by atoms with Crippen LogP contribution in [0.25, 0.3) is 0 Å². The summed E-state index contributed by atoms with van der Waals surface area (Å²) in [6.45, 7) is 2.64. The lowest BCUT2D eigenvalue weighted by Gasteiger charge is -2.13. The number of aromatic nitrogens is 2. The second-order valence-corrected chi connectivity index (χ2v) is 2.32. The van der Waals surface area contributed by atoms with Gasteiger partial charge in [-0.1, -0.05) is 0 Å². The minimum Gasteiger partial charge on any atom is -0.274 e. The van der Waals surface area contributed by atoms with E-state index in [1.54, 1.807) is 6.07 Å². The first-order valence-corrected chi connectivity index (χ1v) is 3.43. The van der Waals surface area contributed by atoms with Crippen LogP contribution >= 0.6 is 0 Å². The first-order chi connectivity index (χ1) is 5.63. The van der Waals surface area contributed by atoms with E-state index >= 15 is 0 Å². The smallest absolute Gasteiger partial charge is 0.231 e. The number of aromatic amines is 1. The number of imide groups is 1. The van der Waals surface area contributed by atoms with E-state index in [4.69, 9.17) is 0 Å². The van der Waals surface area contributed by atoms with E-state index in [9.17, 15) is 9.59 Å². The van der Waals surface area contributed by atoms with E-state index in [-0.39, 0.29) is 11.8 Å². The van der Waals surface area contributed by atoms with Gasteiger partial charge < -0.3 is 0 Å². The highest BCUT2D eigenvalue weighted by Gasteiger charge is 2.16. The standard InChI is InChI=1S/C7H9N3O2/c1-5(11)10(6(2)12)7-3-4-8-9-7/h3-4H,1-2H3,(H,8,9). The molecular formula is C7H9N3O2. The van der Waals surface area contributed by atoms with Crippen LogP contribution in [0.1, 0.15) is 13.8 Å². The van der Waals surface area contributed by atoms with E-state index in [2.05, 4.69) is 10.2 Å². The van der Waals surface area contributed by atoms with E-state index in [0.717, 1.165) is 4.90 Å². The lowest BCUT2D eigenvalue weighted by atomic mass is 10.4. The third kappa shape index (κ3) is 1.50. The molecule has 0 radical (unpaired) electrons. The summed E-state index contributed by atoms with van der Waals surface area (Å²) in [6, 6.07) is 1.56. The van der Waals surface area contributed by atoms with Gasteiger partial charge in [0.15, 0.2) is 0 Å². The van der Waals surface area contributed by atoms with Crippen LogP contribution in [0, 0.1) is 0 Å². The molecule has 0 spiro atoms. The third-order valence-electron chi connectivity index (χ3n) is 1.36. The van der Waals surface area contributed by atoms with Gasteiger partial charge in [-0.3, -0.25) is 14.7 Å². The predicted molar refractivity (Wildman–Crippen MR) is 42.4 cm³/mol. The van der Waals surface area contributed by atoms with E-state index in [1.165, 1.54) is 20.0 Å². The largest absolute Gasteiger partial charge is 0.274 e. The molecular weight excluding hydrogens is 158 g/mol. The Morgan fingerprint density at radius 3 is 2.33 bits per heavy atom. The van der Waals surface area contributed by atoms with Gasteiger partial charge in [0.2, 0.25) is 11.8 Å². The van der Waals surface area contributed by atoms with Gasteiger partial charge >= 0.3 is 0 Å². The van der Waals surface area contributed by atoms with Crippen molar-refractivity contribution in [2.24, 2.45) is 0 Å². The summed E-state index contributed by atoms with van der Waals surface area (Å²) < 4.78 is 0. The van der Waals surface area contributed by atoms with Gasteiger partial charge in [-0.2, -0.15) is 5.10 Å². The number of nitrogens with zero attached hydrogens (tertiary/aromatic N) is 2. The zero-order chi connectivity index (χ0) is 9.14. The monoisotopic (exact) mass is 167 g/mol. The molecule has 0 aliphatic carbocycles. The maximum atomic E-state index is 10.9. The molecule has 0 atom stereocenters. The number of amides is 2. The lowest BCUT2D eigenvalue weighted by Crippen LogP contribution is -2.33. The zero-order valence-electron chi connectivity index (χ0n) is 6.87. The molecule has 0 fully saturated rings. The van der Waals surface area contributed by atoms with Gasteiger partial charge in [0.1, 0.15) is 5.82 Å². The molecule has 1 aromatic rings. The van der Waals surface area contributed by atoms with Crippen LogP contribution in [0.15, 0.2) is 12.3 Å². The maximum Gasteiger partial charge on any atom is 0.231 e. The molecule has 1 N–H and O–H groups in total. The molecule has 1 rings (SSSR count). The molecule has 0 saturated carbocycles. The fraction of sp³-hybridized carbons (Fsp3) is 0.286. The van der Waals surface area contributed by atoms with Crippen LogP contribution in [0.5, 0.6) is 0 Å². The average Bonchev–Trinajstić information content (AvgIpc) is 2.37. The first-order valence-electron chi connectivity index (χ1n) is 3.43. The summed E-state index contributed by atoms with van der Waals surface area (Å²) in [4.78, 5) is 22.9. The van der Waals surface area contributed by atoms with Crippen LogP contribution in [0.2, 0.25) is 0 Å². The highest BCUT2D eigenvalue weighted by Crippen LogP contribution is 2.08. The fourth-order valence-corrected chi connectivity index (χ4v) is 0.934. The second kappa shape index (κ2) is 3.17. The van der Waals surface area contributed by atoms with Crippen molar-refractivity contribution < 1.29 is 9.59 Å². The molecule has 0 aliphatic rings. The van der Waals surface area contributed by atoms with Crippen LogP contribution in [0.3, 0.4) is 0 Å². The highest BCUT2D eigenvalue weighted by molar-refractivity contribution is 6.12. The van der Waals surface area contributed by atoms with Gasteiger partial charge in [0, 0.05) is 19.9 Å². The van der Waals surface area contributed by atoms with Crippen molar-refractivity contribution in [3.63, 3.8) is 0 Å². The predicted octanol–water partition coefficient (Wildman–Crippen LogP) is 0.309. The van der Waals surface area contributed by atoms with Gasteiger partial charge in [0.25, 0.3) is 0 Å². The van der Waals surface area contributed by atoms with Crippen LogP contribution < -0.4 is 4.90 Å². The number of anilines is 1. The summed E-state index contributed by atoms with van der Waals surface area (Å²) in [5.41, 5.74) is 0. The quantitative estimate of drug-likeness (QED) is 0.654. The van der Waals surface area contributed by atoms with Gasteiger partial charge in [0.05, 0.1) is 6.20 Å². The number of nitrogens with one attached hydrogen (secondary N) is 1. The molecule has 5 nitrogen and oxygen atoms in total. The summed E-state index contributed by atoms with van der Waals surface area (Å²) in [6.07, 6.45) is 1.48. The number of hydrogen-bond acceptors (Lipinski definition) is 3. The number of carbonyl (C=O) groups excluding carboxylic acids is 2. The Morgan fingerprint density at radius 1 is 1.42 bits per heavy atom. The summed E-state index contributed by atoms with van der Waals surface area (Å²) in [5.74, 6) is -0.256. The Kier molecular flexibility index (Phi) is 2.23. The molecule has 64 valence electrons. The number of rotatable bonds is 1. The topological polar surface area (TPSA) is 66.1 Å². The Balaban J connectivity index is 2.96. The van der Waals surface area contributed by atoms with Crippen LogP contribution in [-0.4, -0.2) is 22.0 Å². The molecule has 0 aliphatic heterocycles. The molecule has 0 bridgehead atoms. The van der Waals surface area contributed by atoms with E-state index in [1.807, 2.05) is 0 Å². The summed E-state index contributed by atoms with van der Waals surface area (Å²) in [7, 11) is 0. The molecule has 1 aromatic heterocycles. The van der Waals surface area contributed by atoms with Crippen molar-refractivity contribution in [3.8, 4) is 0 Å². The molecule has 5 heteroatoms. The molecule has 0 saturated heterocycles. The van der Waals surface area contributed by atoms with Crippen LogP contribution in [0.4, 0.5) is 5.82 Å². The second-order valence-electron chi connectivity index (χ2n) is 2.32. The fourth-order valence-electron chi connectivity index (χ4n) is 0.934. The summed E-state index contributed by atoms with van der Waals surface area (Å²) in [5, 5.41) is 6.17. The highest BCUT2D eigenvalue weighted by atomic mass is 16.2. The molecule has 2 amide bonds. The SMILES string of the molecule is CC(=O)N(C(C)=O)c1ccn[nH]1. The minimum atomic E-state index is -0.327. The van der Waals surface area contributed by atoms with Crippen molar-refractivity contribution in [3.05, 3.63) is 12.3 Å². The normalized spacial score (nSPS) is 9.50. The molecule has 1 heterocycles. The van der Waals surface area contributed by atoms with Gasteiger partial charge in [-0.05, 0) is 0 Å². The van der Waals surface area contributed by atoms with Crippen molar-refractivity contribution in [2.45, 2.75) is 13.8 Å². The summed E-state index contributed by atoms with van der Waals surface area (Å²) >= 11 is 0. The van der Waals surface area contributed by atoms with Gasteiger partial charge in [-0.15, -0.1) is 0 Å². The van der Waals surface area contributed by atoms with Crippen molar-refractivity contribution in [1.29, 1.82) is 0 Å². The Hall–Kier alpha value is -1.65. The molecule has 0 unspecified atom stereocenters. The third-order valence-corrected chi connectivity index (χ3v) is 1.36.